The lowest BCUT2D eigenvalue weighted by molar-refractivity contribution is -0.173. The van der Waals surface area contributed by atoms with Gasteiger partial charge in [0.15, 0.2) is 0 Å². The highest BCUT2D eigenvalue weighted by molar-refractivity contribution is 6.12. The lowest BCUT2D eigenvalue weighted by Crippen LogP contribution is -2.55. The highest BCUT2D eigenvalue weighted by atomic mass is 19.4. The zero-order chi connectivity index (χ0) is 21.1. The second kappa shape index (κ2) is 8.48. The molecule has 2 aliphatic rings. The number of imide groups is 1. The van der Waals surface area contributed by atoms with E-state index in [9.17, 15) is 37.5 Å². The lowest BCUT2D eigenvalue weighted by atomic mass is 10.1. The van der Waals surface area contributed by atoms with E-state index in [1.54, 1.807) is 0 Å². The fourth-order valence-corrected chi connectivity index (χ4v) is 2.37. The Morgan fingerprint density at radius 2 is 2.07 bits per heavy atom. The van der Waals surface area contributed by atoms with Crippen molar-refractivity contribution in [2.24, 2.45) is 4.99 Å². The first-order valence-electron chi connectivity index (χ1n) is 7.79. The van der Waals surface area contributed by atoms with E-state index in [2.05, 4.69) is 4.99 Å². The maximum Gasteiger partial charge on any atom is 0.471 e. The van der Waals surface area contributed by atoms with E-state index in [0.717, 1.165) is 4.90 Å². The Balaban J connectivity index is 2.04. The number of aliphatic hydroxyl groups is 2. The number of carbonyl (C=O) groups is 4. The number of nitrogens with one attached hydrogen (secondary N) is 2. The topological polar surface area (TPSA) is 158 Å². The van der Waals surface area contributed by atoms with Crippen LogP contribution in [0, 0.1) is 0 Å². The van der Waals surface area contributed by atoms with Crippen molar-refractivity contribution in [1.29, 1.82) is 0 Å². The number of nitrogens with zero attached hydrogens (tertiary/aromatic N) is 2. The molecule has 0 radical (unpaired) electrons. The minimum absolute atomic E-state index is 0.0420. The number of halogens is 3. The van der Waals surface area contributed by atoms with Crippen LogP contribution in [0.2, 0.25) is 0 Å². The average Bonchev–Trinajstić information content (AvgIpc) is 2.98. The molecule has 4 N–H and O–H groups in total. The maximum absolute atomic E-state index is 12.0. The van der Waals surface area contributed by atoms with Crippen LogP contribution in [0.5, 0.6) is 0 Å². The highest BCUT2D eigenvalue weighted by Crippen LogP contribution is 2.25. The zero-order valence-electron chi connectivity index (χ0n) is 14.0. The van der Waals surface area contributed by atoms with Crippen LogP contribution in [0.4, 0.5) is 18.0 Å². The molecule has 0 saturated carbocycles. The first kappa shape index (κ1) is 21.5. The average molecular weight is 408 g/mol. The molecule has 5 amide bonds. The summed E-state index contributed by atoms with van der Waals surface area (Å²) in [4.78, 5) is 49.9. The lowest BCUT2D eigenvalue weighted by Gasteiger charge is -2.31. The van der Waals surface area contributed by atoms with Crippen molar-refractivity contribution in [2.45, 2.75) is 31.0 Å². The summed E-state index contributed by atoms with van der Waals surface area (Å²) in [5.41, 5.74) is -0.305. The van der Waals surface area contributed by atoms with Crippen molar-refractivity contribution in [3.63, 3.8) is 0 Å². The Kier molecular flexibility index (Phi) is 6.51. The van der Waals surface area contributed by atoms with Gasteiger partial charge in [-0.1, -0.05) is 0 Å². The molecule has 28 heavy (non-hydrogen) atoms. The van der Waals surface area contributed by atoms with Crippen molar-refractivity contribution < 1.29 is 47.3 Å². The molecule has 2 saturated heterocycles. The largest absolute Gasteiger partial charge is 0.471 e. The third-order valence-corrected chi connectivity index (χ3v) is 3.79. The van der Waals surface area contributed by atoms with Crippen molar-refractivity contribution in [3.05, 3.63) is 5.57 Å². The molecule has 11 nitrogen and oxygen atoms in total. The molecular weight excluding hydrogens is 393 g/mol. The van der Waals surface area contributed by atoms with Crippen LogP contribution in [0.1, 0.15) is 6.42 Å². The second-order valence-corrected chi connectivity index (χ2v) is 5.78. The Hall–Kier alpha value is -2.80. The molecule has 2 aliphatic heterocycles. The van der Waals surface area contributed by atoms with Crippen molar-refractivity contribution >= 4 is 29.6 Å². The number of rotatable bonds is 4. The summed E-state index contributed by atoms with van der Waals surface area (Å²) in [7, 11) is 0. The molecule has 0 aromatic heterocycles. The summed E-state index contributed by atoms with van der Waals surface area (Å²) >= 11 is 0. The van der Waals surface area contributed by atoms with Crippen LogP contribution in [-0.4, -0.2) is 89.0 Å². The number of aliphatic hydroxyl groups excluding tert-OH is 2. The molecule has 0 bridgehead atoms. The Morgan fingerprint density at radius 3 is 2.64 bits per heavy atom. The molecule has 14 heteroatoms. The third-order valence-electron chi connectivity index (χ3n) is 3.79. The van der Waals surface area contributed by atoms with Gasteiger partial charge >= 0.3 is 18.1 Å². The van der Waals surface area contributed by atoms with Gasteiger partial charge in [-0.05, 0) is 0 Å². The number of aliphatic imine (C=N–C) groups is 1. The first-order valence-corrected chi connectivity index (χ1v) is 7.79. The van der Waals surface area contributed by atoms with E-state index < -0.39 is 68.1 Å². The van der Waals surface area contributed by atoms with Gasteiger partial charge in [-0.2, -0.15) is 18.2 Å². The number of alkyl halides is 3. The van der Waals surface area contributed by atoms with Gasteiger partial charge in [-0.3, -0.25) is 24.6 Å². The maximum atomic E-state index is 12.0. The standard InChI is InChI=1S/C14H15F3N4O7/c15-14(16,17)12(26)19-3-9(24)18-2-6-4-21(13(27)20-11(6)25)10-1-7(23)8(5-22)28-10/h7-8,10,22-23H,1,3-5H2,(H,19,26)(H,20,25,27)/t7-,8+,10+/m0/s1. The molecule has 0 aromatic carbocycles. The van der Waals surface area contributed by atoms with Crippen molar-refractivity contribution in [2.75, 3.05) is 19.7 Å². The number of carbonyl (C=O) groups excluding carboxylic acids is 4. The normalized spacial score (nSPS) is 25.2. The van der Waals surface area contributed by atoms with E-state index in [-0.39, 0.29) is 12.0 Å². The smallest absolute Gasteiger partial charge is 0.394 e. The van der Waals surface area contributed by atoms with Crippen molar-refractivity contribution in [3.8, 4) is 0 Å². The summed E-state index contributed by atoms with van der Waals surface area (Å²) in [6.07, 6.45) is -8.14. The Labute approximate surface area is 154 Å². The fourth-order valence-electron chi connectivity index (χ4n) is 2.37. The summed E-state index contributed by atoms with van der Waals surface area (Å²) in [5, 5.41) is 22.0. The summed E-state index contributed by atoms with van der Waals surface area (Å²) < 4.78 is 41.4. The molecule has 2 rings (SSSR count). The van der Waals surface area contributed by atoms with E-state index >= 15 is 0 Å². The second-order valence-electron chi connectivity index (χ2n) is 5.78. The molecule has 0 aliphatic carbocycles. The number of hydrogen-bond acceptors (Lipinski definition) is 7. The van der Waals surface area contributed by atoms with Gasteiger partial charge in [0, 0.05) is 12.3 Å². The zero-order valence-corrected chi connectivity index (χ0v) is 14.0. The molecule has 0 unspecified atom stereocenters. The van der Waals surface area contributed by atoms with Crippen molar-refractivity contribution in [1.82, 2.24) is 15.5 Å². The van der Waals surface area contributed by atoms with E-state index in [4.69, 9.17) is 9.84 Å². The molecule has 2 fully saturated rings. The molecule has 0 aromatic rings. The molecule has 2 heterocycles. The van der Waals surface area contributed by atoms with Crippen LogP contribution >= 0.6 is 0 Å². The van der Waals surface area contributed by atoms with E-state index in [1.165, 1.54) is 5.32 Å². The van der Waals surface area contributed by atoms with Gasteiger partial charge in [0.05, 0.1) is 31.4 Å². The first-order chi connectivity index (χ1) is 13.0. The fraction of sp³-hybridized carbons (Fsp3) is 0.571. The predicted molar refractivity (Wildman–Crippen MR) is 81.6 cm³/mol. The number of amides is 5. The number of urea groups is 1. The quantitative estimate of drug-likeness (QED) is 0.304. The van der Waals surface area contributed by atoms with E-state index in [0.29, 0.717) is 0 Å². The van der Waals surface area contributed by atoms with Crippen LogP contribution in [0.25, 0.3) is 0 Å². The number of hydrogen-bond donors (Lipinski definition) is 4. The Morgan fingerprint density at radius 1 is 1.39 bits per heavy atom. The minimum atomic E-state index is -5.16. The van der Waals surface area contributed by atoms with Crippen LogP contribution < -0.4 is 10.6 Å². The molecule has 0 spiro atoms. The monoisotopic (exact) mass is 408 g/mol. The summed E-state index contributed by atoms with van der Waals surface area (Å²) in [5.74, 6) is -2.45. The van der Waals surface area contributed by atoms with Crippen LogP contribution in [0.15, 0.2) is 10.6 Å². The van der Waals surface area contributed by atoms with E-state index in [1.807, 2.05) is 11.2 Å². The van der Waals surface area contributed by atoms with Crippen LogP contribution in [0.3, 0.4) is 0 Å². The molecular formula is C14H15F3N4O7. The minimum Gasteiger partial charge on any atom is -0.394 e. The predicted octanol–water partition coefficient (Wildman–Crippen LogP) is -2.19. The number of ether oxygens (including phenoxy) is 1. The SMILES string of the molecule is O=C(CNC(=O)C(F)(F)F)N=C=C1CN([C@H]2C[C@H](O)[C@@H](CO)O2)C(=O)NC1=O. The van der Waals surface area contributed by atoms with Gasteiger partial charge in [0.1, 0.15) is 12.3 Å². The van der Waals surface area contributed by atoms with Gasteiger partial charge in [-0.15, -0.1) is 0 Å². The summed E-state index contributed by atoms with van der Waals surface area (Å²) in [6.45, 7) is -1.97. The summed E-state index contributed by atoms with van der Waals surface area (Å²) in [6, 6.07) is -0.852. The molecule has 154 valence electrons. The van der Waals surface area contributed by atoms with Gasteiger partial charge in [-0.25, -0.2) is 4.79 Å². The van der Waals surface area contributed by atoms with Gasteiger partial charge in [0.25, 0.3) is 11.8 Å². The van der Waals surface area contributed by atoms with Gasteiger partial charge in [0.2, 0.25) is 0 Å². The highest BCUT2D eigenvalue weighted by Gasteiger charge is 2.42. The Bertz CT molecular complexity index is 748. The molecule has 3 atom stereocenters. The van der Waals surface area contributed by atoms with Gasteiger partial charge < -0.3 is 20.3 Å². The third kappa shape index (κ3) is 5.13. The van der Waals surface area contributed by atoms with Crippen LogP contribution in [-0.2, 0) is 19.1 Å².